The third-order valence-electron chi connectivity index (χ3n) is 9.37. The Morgan fingerprint density at radius 1 is 0.913 bits per heavy atom. The molecule has 10 atom stereocenters. The average Bonchev–Trinajstić information content (AvgIpc) is 3.85. The molecule has 0 saturated carbocycles. The van der Waals surface area contributed by atoms with Gasteiger partial charge in [-0.05, 0) is 52.4 Å². The first kappa shape index (κ1) is 29.8. The van der Waals surface area contributed by atoms with Crippen LogP contribution < -0.4 is 18.9 Å². The highest BCUT2D eigenvalue weighted by atomic mass is 32.1. The third-order valence-corrected chi connectivity index (χ3v) is 10.3. The van der Waals surface area contributed by atoms with Crippen molar-refractivity contribution < 1.29 is 62.7 Å². The molecule has 0 amide bonds. The Kier molecular flexibility index (Phi) is 7.48. The number of thiophene rings is 1. The van der Waals surface area contributed by atoms with Gasteiger partial charge < -0.3 is 58.0 Å². The van der Waals surface area contributed by atoms with Crippen LogP contribution in [0.4, 0.5) is 0 Å². The Morgan fingerprint density at radius 3 is 2.35 bits per heavy atom. The third kappa shape index (κ3) is 4.70. The highest BCUT2D eigenvalue weighted by Crippen LogP contribution is 2.57. The molecule has 0 spiro atoms. The topological polar surface area (TPSA) is 161 Å². The highest BCUT2D eigenvalue weighted by molar-refractivity contribution is 7.10. The molecular formula is C32H32O13S. The summed E-state index contributed by atoms with van der Waals surface area (Å²) in [6, 6.07) is 10.7. The molecule has 4 aliphatic heterocycles. The molecule has 3 saturated heterocycles. The van der Waals surface area contributed by atoms with Crippen molar-refractivity contribution in [1.29, 1.82) is 0 Å². The quantitative estimate of drug-likeness (QED) is 0.333. The van der Waals surface area contributed by atoms with Crippen LogP contribution in [-0.2, 0) is 28.5 Å². The van der Waals surface area contributed by atoms with Crippen molar-refractivity contribution in [2.75, 3.05) is 34.2 Å². The Hall–Kier alpha value is -3.63. The first-order valence-corrected chi connectivity index (χ1v) is 15.8. The maximum atomic E-state index is 13.5. The fourth-order valence-electron chi connectivity index (χ4n) is 7.18. The largest absolute Gasteiger partial charge is 0.502 e. The number of cyclic esters (lactones) is 1. The summed E-state index contributed by atoms with van der Waals surface area (Å²) in [7, 11) is 2.86. The zero-order chi connectivity index (χ0) is 31.7. The van der Waals surface area contributed by atoms with Gasteiger partial charge in [0.2, 0.25) is 12.5 Å². The molecule has 13 nitrogen and oxygen atoms in total. The summed E-state index contributed by atoms with van der Waals surface area (Å²) in [5.41, 5.74) is 2.00. The van der Waals surface area contributed by atoms with Crippen molar-refractivity contribution in [3.63, 3.8) is 0 Å². The van der Waals surface area contributed by atoms with Crippen LogP contribution in [0.3, 0.4) is 0 Å². The number of benzene rings is 2. The Balaban J connectivity index is 1.16. The minimum atomic E-state index is -1.47. The van der Waals surface area contributed by atoms with E-state index in [4.69, 9.17) is 42.6 Å². The van der Waals surface area contributed by atoms with Crippen molar-refractivity contribution in [3.8, 4) is 28.7 Å². The lowest BCUT2D eigenvalue weighted by atomic mass is 9.66. The van der Waals surface area contributed by atoms with E-state index < -0.39 is 66.8 Å². The van der Waals surface area contributed by atoms with E-state index in [0.29, 0.717) is 28.2 Å². The molecule has 14 heteroatoms. The van der Waals surface area contributed by atoms with E-state index in [9.17, 15) is 20.1 Å². The van der Waals surface area contributed by atoms with E-state index in [1.165, 1.54) is 25.6 Å². The second-order valence-electron chi connectivity index (χ2n) is 11.8. The number of fused-ring (bicyclic) bond motifs is 4. The zero-order valence-electron chi connectivity index (χ0n) is 24.8. The standard InChI is InChI=1S/C32H32O13S/c1-37-19-6-13(7-20(38-2)25(19)33)23-14-8-17-18(42-12-41-17)9-15(14)28(16-10-39-30(36)24(16)23)44-32-27(35)26(34)29-21(43-32)11-40-31(45-29)22-4-3-5-46-22/h3-9,16,21,23-24,26-29,31-35H,10-12H2,1-2H3/t16?,21?,23-,24+,26?,27?,28?,29?,31?,32?/m1/s1. The van der Waals surface area contributed by atoms with Crippen LogP contribution in [-0.4, -0.2) is 86.2 Å². The number of hydrogen-bond donors (Lipinski definition) is 3. The lowest BCUT2D eigenvalue weighted by Crippen LogP contribution is -2.62. The summed E-state index contributed by atoms with van der Waals surface area (Å²) in [6.07, 6.45) is -7.16. The van der Waals surface area contributed by atoms with Crippen molar-refractivity contribution >= 4 is 17.3 Å². The molecule has 3 aromatic rings. The summed E-state index contributed by atoms with van der Waals surface area (Å²) < 4.78 is 52.6. The number of ether oxygens (including phenoxy) is 9. The molecule has 2 aromatic carbocycles. The summed E-state index contributed by atoms with van der Waals surface area (Å²) in [5, 5.41) is 35.0. The van der Waals surface area contributed by atoms with E-state index in [1.807, 2.05) is 23.6 Å². The molecule has 0 bridgehead atoms. The Bertz CT molecular complexity index is 1600. The van der Waals surface area contributed by atoms with Gasteiger partial charge in [-0.15, -0.1) is 11.3 Å². The predicted octanol–water partition coefficient (Wildman–Crippen LogP) is 2.75. The first-order valence-electron chi connectivity index (χ1n) is 14.9. The molecule has 46 heavy (non-hydrogen) atoms. The van der Waals surface area contributed by atoms with Crippen molar-refractivity contribution in [2.24, 2.45) is 11.8 Å². The van der Waals surface area contributed by atoms with Gasteiger partial charge in [-0.2, -0.15) is 0 Å². The highest BCUT2D eigenvalue weighted by Gasteiger charge is 2.56. The fourth-order valence-corrected chi connectivity index (χ4v) is 7.89. The predicted molar refractivity (Wildman–Crippen MR) is 156 cm³/mol. The number of aromatic hydroxyl groups is 1. The van der Waals surface area contributed by atoms with Gasteiger partial charge in [0, 0.05) is 11.8 Å². The van der Waals surface area contributed by atoms with Crippen LogP contribution in [0, 0.1) is 11.8 Å². The molecule has 8 unspecified atom stereocenters. The van der Waals surface area contributed by atoms with Crippen LogP contribution in [0.5, 0.6) is 28.7 Å². The van der Waals surface area contributed by atoms with Gasteiger partial charge in [-0.3, -0.25) is 4.79 Å². The van der Waals surface area contributed by atoms with Gasteiger partial charge in [0.15, 0.2) is 35.6 Å². The van der Waals surface area contributed by atoms with Gasteiger partial charge in [0.05, 0.1) is 44.3 Å². The van der Waals surface area contributed by atoms with Crippen LogP contribution in [0.15, 0.2) is 41.8 Å². The van der Waals surface area contributed by atoms with Crippen molar-refractivity contribution in [1.82, 2.24) is 0 Å². The monoisotopic (exact) mass is 656 g/mol. The number of rotatable bonds is 6. The van der Waals surface area contributed by atoms with E-state index >= 15 is 0 Å². The minimum Gasteiger partial charge on any atom is -0.502 e. The van der Waals surface area contributed by atoms with Gasteiger partial charge in [-0.25, -0.2) is 0 Å². The van der Waals surface area contributed by atoms with Crippen LogP contribution in [0.1, 0.15) is 39.9 Å². The average molecular weight is 657 g/mol. The number of aliphatic hydroxyl groups is 2. The van der Waals surface area contributed by atoms with Crippen LogP contribution in [0.2, 0.25) is 0 Å². The number of esters is 1. The molecular weight excluding hydrogens is 624 g/mol. The summed E-state index contributed by atoms with van der Waals surface area (Å²) in [4.78, 5) is 14.3. The van der Waals surface area contributed by atoms with E-state index in [-0.39, 0.29) is 37.3 Å². The number of carbonyl (C=O) groups is 1. The number of phenolic OH excluding ortho intramolecular Hbond substituents is 1. The summed E-state index contributed by atoms with van der Waals surface area (Å²) >= 11 is 1.46. The molecule has 1 aromatic heterocycles. The number of aliphatic hydroxyl groups excluding tert-OH is 2. The molecule has 3 N–H and O–H groups in total. The fraction of sp³-hybridized carbons (Fsp3) is 0.469. The van der Waals surface area contributed by atoms with Gasteiger partial charge in [0.1, 0.15) is 24.4 Å². The number of hydrogen-bond acceptors (Lipinski definition) is 14. The normalized spacial score (nSPS) is 34.3. The Labute approximate surface area is 267 Å². The molecule has 3 fully saturated rings. The van der Waals surface area contributed by atoms with Gasteiger partial charge in [-0.1, -0.05) is 6.07 Å². The molecule has 0 radical (unpaired) electrons. The Morgan fingerprint density at radius 2 is 1.65 bits per heavy atom. The molecule has 244 valence electrons. The van der Waals surface area contributed by atoms with E-state index in [2.05, 4.69) is 0 Å². The molecule has 5 aliphatic rings. The van der Waals surface area contributed by atoms with Crippen molar-refractivity contribution in [2.45, 2.75) is 49.0 Å². The van der Waals surface area contributed by atoms with Gasteiger partial charge >= 0.3 is 5.97 Å². The first-order chi connectivity index (χ1) is 22.4. The SMILES string of the molecule is COc1cc([C@@H]2c3cc4c(cc3C(OC3OC5COC(c6cccs6)OC5C(O)C3O)C3COC(=O)[C@@H]32)OCO4)cc(OC)c1O. The summed E-state index contributed by atoms with van der Waals surface area (Å²) in [5.74, 6) is -1.08. The summed E-state index contributed by atoms with van der Waals surface area (Å²) in [6.45, 7) is 0.171. The lowest BCUT2D eigenvalue weighted by molar-refractivity contribution is -0.368. The maximum Gasteiger partial charge on any atom is 0.310 e. The lowest BCUT2D eigenvalue weighted by Gasteiger charge is -2.48. The number of methoxy groups -OCH3 is 2. The molecule has 5 heterocycles. The number of phenols is 1. The second kappa shape index (κ2) is 11.6. The zero-order valence-corrected chi connectivity index (χ0v) is 25.6. The van der Waals surface area contributed by atoms with E-state index in [0.717, 1.165) is 4.88 Å². The van der Waals surface area contributed by atoms with Crippen LogP contribution >= 0.6 is 11.3 Å². The number of carbonyl (C=O) groups excluding carboxylic acids is 1. The second-order valence-corrected chi connectivity index (χ2v) is 12.7. The van der Waals surface area contributed by atoms with Crippen molar-refractivity contribution in [3.05, 3.63) is 63.3 Å². The molecule has 1 aliphatic carbocycles. The minimum absolute atomic E-state index is 0.0242. The smallest absolute Gasteiger partial charge is 0.310 e. The van der Waals surface area contributed by atoms with Gasteiger partial charge in [0.25, 0.3) is 0 Å². The maximum absolute atomic E-state index is 13.5. The van der Waals surface area contributed by atoms with E-state index in [1.54, 1.807) is 18.2 Å². The van der Waals surface area contributed by atoms with Crippen LogP contribution in [0.25, 0.3) is 0 Å². The molecule has 8 rings (SSSR count).